The first-order valence-electron chi connectivity index (χ1n) is 6.79. The Kier molecular flexibility index (Phi) is 4.09. The van der Waals surface area contributed by atoms with Gasteiger partial charge in [0.15, 0.2) is 0 Å². The van der Waals surface area contributed by atoms with E-state index in [2.05, 4.69) is 17.9 Å². The van der Waals surface area contributed by atoms with E-state index in [4.69, 9.17) is 11.0 Å². The number of nitrogens with zero attached hydrogens (tertiary/aromatic N) is 2. The largest absolute Gasteiger partial charge is 0.396 e. The molecule has 0 aromatic heterocycles. The maximum Gasteiger partial charge on any atom is 0.101 e. The van der Waals surface area contributed by atoms with Gasteiger partial charge < -0.3 is 10.6 Å². The van der Waals surface area contributed by atoms with Gasteiger partial charge in [-0.05, 0) is 37.3 Å². The third-order valence-electron chi connectivity index (χ3n) is 3.97. The third-order valence-corrected chi connectivity index (χ3v) is 3.97. The highest BCUT2D eigenvalue weighted by Crippen LogP contribution is 2.30. The predicted molar refractivity (Wildman–Crippen MR) is 75.4 cm³/mol. The summed E-state index contributed by atoms with van der Waals surface area (Å²) in [6.45, 7) is 4.37. The summed E-state index contributed by atoms with van der Waals surface area (Å²) in [5.74, 6) is 0.843. The maximum atomic E-state index is 9.03. The molecule has 1 aliphatic rings. The van der Waals surface area contributed by atoms with E-state index in [1.54, 1.807) is 6.07 Å². The van der Waals surface area contributed by atoms with Gasteiger partial charge in [0.2, 0.25) is 0 Å². The molecule has 0 aliphatic carbocycles. The van der Waals surface area contributed by atoms with Gasteiger partial charge in [0.05, 0.1) is 16.9 Å². The quantitative estimate of drug-likeness (QED) is 0.812. The van der Waals surface area contributed by atoms with Crippen LogP contribution in [0.1, 0.15) is 38.2 Å². The molecular formula is C15H21N3. The summed E-state index contributed by atoms with van der Waals surface area (Å²) in [5.41, 5.74) is 8.33. The van der Waals surface area contributed by atoms with Gasteiger partial charge >= 0.3 is 0 Å². The summed E-state index contributed by atoms with van der Waals surface area (Å²) in [6.07, 6.45) is 5.02. The third kappa shape index (κ3) is 2.59. The van der Waals surface area contributed by atoms with Crippen molar-refractivity contribution in [2.45, 2.75) is 32.6 Å². The van der Waals surface area contributed by atoms with Crippen molar-refractivity contribution in [2.75, 3.05) is 23.7 Å². The molecule has 1 saturated heterocycles. The SMILES string of the molecule is CCC1CCCN(c2cccc(C#N)c2N)CC1. The zero-order chi connectivity index (χ0) is 13.0. The molecule has 0 spiro atoms. The van der Waals surface area contributed by atoms with Crippen molar-refractivity contribution in [1.29, 1.82) is 5.26 Å². The van der Waals surface area contributed by atoms with E-state index in [1.807, 2.05) is 12.1 Å². The minimum absolute atomic E-state index is 0.587. The zero-order valence-electron chi connectivity index (χ0n) is 11.0. The summed E-state index contributed by atoms with van der Waals surface area (Å²) < 4.78 is 0. The Labute approximate surface area is 109 Å². The molecule has 0 saturated carbocycles. The Morgan fingerprint density at radius 2 is 2.22 bits per heavy atom. The molecular weight excluding hydrogens is 222 g/mol. The number of hydrogen-bond donors (Lipinski definition) is 1. The van der Waals surface area contributed by atoms with Crippen molar-refractivity contribution in [2.24, 2.45) is 5.92 Å². The summed E-state index contributed by atoms with van der Waals surface area (Å²) in [7, 11) is 0. The maximum absolute atomic E-state index is 9.03. The molecule has 1 fully saturated rings. The molecule has 1 heterocycles. The minimum Gasteiger partial charge on any atom is -0.396 e. The number of rotatable bonds is 2. The minimum atomic E-state index is 0.587. The molecule has 2 rings (SSSR count). The van der Waals surface area contributed by atoms with Crippen LogP contribution in [0.25, 0.3) is 0 Å². The van der Waals surface area contributed by atoms with Crippen LogP contribution in [0, 0.1) is 17.2 Å². The highest BCUT2D eigenvalue weighted by molar-refractivity contribution is 5.73. The van der Waals surface area contributed by atoms with E-state index in [0.29, 0.717) is 11.3 Å². The van der Waals surface area contributed by atoms with E-state index in [0.717, 1.165) is 24.7 Å². The summed E-state index contributed by atoms with van der Waals surface area (Å²) in [4.78, 5) is 2.34. The normalized spacial score (nSPS) is 20.2. The molecule has 0 radical (unpaired) electrons. The fraction of sp³-hybridized carbons (Fsp3) is 0.533. The lowest BCUT2D eigenvalue weighted by Crippen LogP contribution is -2.25. The number of benzene rings is 1. The average molecular weight is 243 g/mol. The molecule has 1 aromatic carbocycles. The van der Waals surface area contributed by atoms with Crippen LogP contribution in [-0.2, 0) is 0 Å². The molecule has 1 unspecified atom stereocenters. The standard InChI is InChI=1S/C15H21N3/c1-2-12-5-4-9-18(10-8-12)14-7-3-6-13(11-16)15(14)17/h3,6-7,12H,2,4-5,8-10,17H2,1H3. The van der Waals surface area contributed by atoms with Crippen molar-refractivity contribution in [3.8, 4) is 6.07 Å². The van der Waals surface area contributed by atoms with E-state index >= 15 is 0 Å². The first-order valence-corrected chi connectivity index (χ1v) is 6.79. The number of anilines is 2. The molecule has 3 nitrogen and oxygen atoms in total. The van der Waals surface area contributed by atoms with Crippen LogP contribution >= 0.6 is 0 Å². The highest BCUT2D eigenvalue weighted by atomic mass is 15.1. The highest BCUT2D eigenvalue weighted by Gasteiger charge is 2.18. The number of para-hydroxylation sites is 1. The van der Waals surface area contributed by atoms with Gasteiger partial charge in [-0.15, -0.1) is 0 Å². The summed E-state index contributed by atoms with van der Waals surface area (Å²) in [5, 5.41) is 9.03. The van der Waals surface area contributed by atoms with Crippen molar-refractivity contribution in [1.82, 2.24) is 0 Å². The Hall–Kier alpha value is -1.69. The lowest BCUT2D eigenvalue weighted by Gasteiger charge is -2.24. The van der Waals surface area contributed by atoms with Gasteiger partial charge in [-0.3, -0.25) is 0 Å². The van der Waals surface area contributed by atoms with Crippen LogP contribution in [0.4, 0.5) is 11.4 Å². The summed E-state index contributed by atoms with van der Waals surface area (Å²) in [6, 6.07) is 7.90. The molecule has 2 N–H and O–H groups in total. The number of nitrogens with two attached hydrogens (primary N) is 1. The Morgan fingerprint density at radius 3 is 2.94 bits per heavy atom. The van der Waals surface area contributed by atoms with Crippen LogP contribution in [-0.4, -0.2) is 13.1 Å². The monoisotopic (exact) mass is 243 g/mol. The van der Waals surface area contributed by atoms with Crippen LogP contribution in [0.5, 0.6) is 0 Å². The van der Waals surface area contributed by atoms with Crippen molar-refractivity contribution in [3.05, 3.63) is 23.8 Å². The molecule has 18 heavy (non-hydrogen) atoms. The van der Waals surface area contributed by atoms with Crippen LogP contribution < -0.4 is 10.6 Å². The second-order valence-electron chi connectivity index (χ2n) is 5.04. The van der Waals surface area contributed by atoms with E-state index < -0.39 is 0 Å². The lowest BCUT2D eigenvalue weighted by atomic mass is 9.98. The fourth-order valence-corrected chi connectivity index (χ4v) is 2.74. The first-order chi connectivity index (χ1) is 8.76. The number of nitrogen functional groups attached to an aromatic ring is 1. The van der Waals surface area contributed by atoms with Crippen molar-refractivity contribution < 1.29 is 0 Å². The van der Waals surface area contributed by atoms with Crippen LogP contribution in [0.3, 0.4) is 0 Å². The van der Waals surface area contributed by atoms with Gasteiger partial charge in [0, 0.05) is 13.1 Å². The van der Waals surface area contributed by atoms with E-state index in [-0.39, 0.29) is 0 Å². The Bertz CT molecular complexity index is 448. The van der Waals surface area contributed by atoms with Crippen LogP contribution in [0.15, 0.2) is 18.2 Å². The molecule has 0 bridgehead atoms. The zero-order valence-corrected chi connectivity index (χ0v) is 11.0. The lowest BCUT2D eigenvalue weighted by molar-refractivity contribution is 0.459. The molecule has 3 heteroatoms. The Balaban J connectivity index is 2.19. The van der Waals surface area contributed by atoms with Gasteiger partial charge in [-0.1, -0.05) is 19.4 Å². The first kappa shape index (κ1) is 12.8. The number of hydrogen-bond acceptors (Lipinski definition) is 3. The van der Waals surface area contributed by atoms with E-state index in [1.165, 1.54) is 25.7 Å². The Morgan fingerprint density at radius 1 is 1.39 bits per heavy atom. The van der Waals surface area contributed by atoms with Crippen molar-refractivity contribution >= 4 is 11.4 Å². The van der Waals surface area contributed by atoms with Crippen molar-refractivity contribution in [3.63, 3.8) is 0 Å². The van der Waals surface area contributed by atoms with Gasteiger partial charge in [-0.2, -0.15) is 5.26 Å². The second kappa shape index (κ2) is 5.77. The fourth-order valence-electron chi connectivity index (χ4n) is 2.74. The second-order valence-corrected chi connectivity index (χ2v) is 5.04. The van der Waals surface area contributed by atoms with Gasteiger partial charge in [0.1, 0.15) is 6.07 Å². The molecule has 96 valence electrons. The topological polar surface area (TPSA) is 53.0 Å². The van der Waals surface area contributed by atoms with Crippen LogP contribution in [0.2, 0.25) is 0 Å². The molecule has 1 aromatic rings. The van der Waals surface area contributed by atoms with Gasteiger partial charge in [-0.25, -0.2) is 0 Å². The summed E-state index contributed by atoms with van der Waals surface area (Å²) >= 11 is 0. The average Bonchev–Trinajstić information content (AvgIpc) is 2.64. The molecule has 1 atom stereocenters. The van der Waals surface area contributed by atoms with Gasteiger partial charge in [0.25, 0.3) is 0 Å². The molecule has 1 aliphatic heterocycles. The smallest absolute Gasteiger partial charge is 0.101 e. The predicted octanol–water partition coefficient (Wildman–Crippen LogP) is 3.16. The molecule has 0 amide bonds. The number of nitriles is 1. The van der Waals surface area contributed by atoms with E-state index in [9.17, 15) is 0 Å².